The van der Waals surface area contributed by atoms with Gasteiger partial charge in [0.05, 0.1) is 0 Å². The Morgan fingerprint density at radius 1 is 1.20 bits per heavy atom. The summed E-state index contributed by atoms with van der Waals surface area (Å²) in [5, 5.41) is 0.781. The first-order valence-corrected chi connectivity index (χ1v) is 10.3. The lowest BCUT2D eigenvalue weighted by Crippen LogP contribution is -2.47. The summed E-state index contributed by atoms with van der Waals surface area (Å²) in [6.45, 7) is 10.4. The van der Waals surface area contributed by atoms with E-state index >= 15 is 0 Å². The summed E-state index contributed by atoms with van der Waals surface area (Å²) in [4.78, 5) is 36.1. The average Bonchev–Trinajstić information content (AvgIpc) is 3.08. The van der Waals surface area contributed by atoms with Crippen LogP contribution in [0, 0.1) is 0 Å². The molecule has 3 aromatic rings. The predicted octanol–water partition coefficient (Wildman–Crippen LogP) is 1.97. The van der Waals surface area contributed by atoms with Crippen LogP contribution in [0.3, 0.4) is 0 Å². The highest BCUT2D eigenvalue weighted by Crippen LogP contribution is 2.23. The molecule has 158 valence electrons. The summed E-state index contributed by atoms with van der Waals surface area (Å²) in [5.74, 6) is 0.692. The van der Waals surface area contributed by atoms with E-state index in [0.717, 1.165) is 48.9 Å². The molecule has 2 aromatic heterocycles. The van der Waals surface area contributed by atoms with Crippen LogP contribution in [0.5, 0.6) is 0 Å². The fraction of sp³-hybridized carbons (Fsp3) is 0.381. The first-order valence-electron chi connectivity index (χ1n) is 9.90. The van der Waals surface area contributed by atoms with Gasteiger partial charge in [-0.25, -0.2) is 4.79 Å². The van der Waals surface area contributed by atoms with Gasteiger partial charge < -0.3 is 9.47 Å². The van der Waals surface area contributed by atoms with E-state index in [1.807, 2.05) is 35.8 Å². The number of benzene rings is 1. The molecular formula is C21H25ClN6O2. The van der Waals surface area contributed by atoms with E-state index in [1.54, 1.807) is 7.05 Å². The fourth-order valence-electron chi connectivity index (χ4n) is 3.86. The number of fused-ring (bicyclic) bond motifs is 1. The molecule has 9 heteroatoms. The van der Waals surface area contributed by atoms with Gasteiger partial charge in [0.25, 0.3) is 5.56 Å². The van der Waals surface area contributed by atoms with Gasteiger partial charge in [0.15, 0.2) is 11.2 Å². The number of aromatic amines is 1. The second-order valence-corrected chi connectivity index (χ2v) is 8.21. The smallest absolute Gasteiger partial charge is 0.329 e. The van der Waals surface area contributed by atoms with E-state index in [-0.39, 0.29) is 0 Å². The van der Waals surface area contributed by atoms with Crippen molar-refractivity contribution in [1.82, 2.24) is 24.0 Å². The number of rotatable bonds is 5. The number of anilines is 1. The van der Waals surface area contributed by atoms with Crippen LogP contribution in [0.15, 0.2) is 46.0 Å². The molecule has 0 spiro atoms. The maximum Gasteiger partial charge on any atom is 0.329 e. The topological polar surface area (TPSA) is 79.2 Å². The van der Waals surface area contributed by atoms with Crippen LogP contribution in [0.4, 0.5) is 5.95 Å². The van der Waals surface area contributed by atoms with Crippen LogP contribution < -0.4 is 16.1 Å². The molecule has 0 aliphatic carbocycles. The average molecular weight is 429 g/mol. The molecule has 1 fully saturated rings. The second-order valence-electron chi connectivity index (χ2n) is 7.80. The quantitative estimate of drug-likeness (QED) is 0.628. The van der Waals surface area contributed by atoms with Gasteiger partial charge in [0.1, 0.15) is 0 Å². The Labute approximate surface area is 179 Å². The molecule has 0 unspecified atom stereocenters. The van der Waals surface area contributed by atoms with Crippen molar-refractivity contribution in [3.8, 4) is 0 Å². The second kappa shape index (κ2) is 8.12. The van der Waals surface area contributed by atoms with Gasteiger partial charge in [-0.3, -0.25) is 19.2 Å². The minimum absolute atomic E-state index is 0.387. The van der Waals surface area contributed by atoms with Gasteiger partial charge in [-0.05, 0) is 18.6 Å². The number of imidazole rings is 1. The molecule has 0 radical (unpaired) electrons. The highest BCUT2D eigenvalue weighted by atomic mass is 35.5. The number of H-pyrrole nitrogens is 1. The zero-order valence-electron chi connectivity index (χ0n) is 17.2. The summed E-state index contributed by atoms with van der Waals surface area (Å²) in [7, 11) is 1.62. The van der Waals surface area contributed by atoms with Crippen LogP contribution in [-0.2, 0) is 20.1 Å². The first-order chi connectivity index (χ1) is 14.3. The minimum Gasteiger partial charge on any atom is -0.340 e. The Hall–Kier alpha value is -2.84. The maximum atomic E-state index is 12.5. The number of hydrogen-bond acceptors (Lipinski definition) is 5. The monoisotopic (exact) mass is 428 g/mol. The summed E-state index contributed by atoms with van der Waals surface area (Å²) in [6.07, 6.45) is 0. The Morgan fingerprint density at radius 3 is 2.57 bits per heavy atom. The number of nitrogens with zero attached hydrogens (tertiary/aromatic N) is 5. The van der Waals surface area contributed by atoms with Crippen molar-refractivity contribution in [2.75, 3.05) is 31.1 Å². The molecule has 0 amide bonds. The molecule has 0 saturated carbocycles. The van der Waals surface area contributed by atoms with Crippen molar-refractivity contribution in [3.05, 3.63) is 67.8 Å². The lowest BCUT2D eigenvalue weighted by Gasteiger charge is -2.35. The van der Waals surface area contributed by atoms with Gasteiger partial charge in [0, 0.05) is 51.3 Å². The molecule has 0 bridgehead atoms. The summed E-state index contributed by atoms with van der Waals surface area (Å²) in [5.41, 5.74) is 1.91. The molecule has 1 saturated heterocycles. The van der Waals surface area contributed by atoms with Crippen molar-refractivity contribution in [1.29, 1.82) is 0 Å². The third-order valence-corrected chi connectivity index (χ3v) is 5.79. The third kappa shape index (κ3) is 3.80. The Bertz CT molecular complexity index is 1220. The highest BCUT2D eigenvalue weighted by molar-refractivity contribution is 6.31. The molecule has 0 atom stereocenters. The van der Waals surface area contributed by atoms with Crippen molar-refractivity contribution in [2.45, 2.75) is 20.0 Å². The molecule has 3 heterocycles. The lowest BCUT2D eigenvalue weighted by atomic mass is 10.2. The summed E-state index contributed by atoms with van der Waals surface area (Å²) in [6, 6.07) is 7.90. The molecule has 1 N–H and O–H groups in total. The number of aryl methyl sites for hydroxylation is 1. The molecule has 1 aliphatic heterocycles. The number of allylic oxidation sites excluding steroid dienone is 1. The Balaban J connectivity index is 1.62. The predicted molar refractivity (Wildman–Crippen MR) is 119 cm³/mol. The van der Waals surface area contributed by atoms with Crippen LogP contribution in [-0.4, -0.2) is 50.2 Å². The van der Waals surface area contributed by atoms with E-state index in [0.29, 0.717) is 23.7 Å². The number of aromatic nitrogens is 4. The number of hydrogen-bond donors (Lipinski definition) is 1. The first kappa shape index (κ1) is 20.4. The van der Waals surface area contributed by atoms with Crippen molar-refractivity contribution >= 4 is 28.7 Å². The molecular weight excluding hydrogens is 404 g/mol. The van der Waals surface area contributed by atoms with Crippen molar-refractivity contribution in [2.24, 2.45) is 7.05 Å². The van der Waals surface area contributed by atoms with Gasteiger partial charge in [-0.2, -0.15) is 4.98 Å². The van der Waals surface area contributed by atoms with E-state index in [1.165, 1.54) is 4.57 Å². The van der Waals surface area contributed by atoms with Crippen LogP contribution >= 0.6 is 11.6 Å². The van der Waals surface area contributed by atoms with Crippen LogP contribution in [0.2, 0.25) is 5.02 Å². The standard InChI is InChI=1S/C21H25ClN6O2/c1-14(2)12-28-17-18(25(3)21(30)24-19(17)29)23-20(28)27-10-8-26(9-11-27)13-15-6-4-5-7-16(15)22/h4-7H,1,8-13H2,2-3H3,(H,24,29,30). The molecule has 30 heavy (non-hydrogen) atoms. The van der Waals surface area contributed by atoms with E-state index < -0.39 is 11.2 Å². The fourth-order valence-corrected chi connectivity index (χ4v) is 4.05. The lowest BCUT2D eigenvalue weighted by molar-refractivity contribution is 0.248. The van der Waals surface area contributed by atoms with Gasteiger partial charge in [0.2, 0.25) is 5.95 Å². The third-order valence-electron chi connectivity index (χ3n) is 5.42. The Kier molecular flexibility index (Phi) is 5.53. The van der Waals surface area contributed by atoms with E-state index in [2.05, 4.69) is 26.3 Å². The van der Waals surface area contributed by atoms with Gasteiger partial charge in [-0.15, -0.1) is 0 Å². The maximum absolute atomic E-state index is 12.5. The van der Waals surface area contributed by atoms with Gasteiger partial charge in [-0.1, -0.05) is 42.0 Å². The van der Waals surface area contributed by atoms with Crippen LogP contribution in [0.1, 0.15) is 12.5 Å². The summed E-state index contributed by atoms with van der Waals surface area (Å²) >= 11 is 6.31. The normalized spacial score (nSPS) is 15.1. The SMILES string of the molecule is C=C(C)Cn1c(N2CCN(Cc3ccccc3Cl)CC2)nc2c1c(=O)[nH]c(=O)n2C. The zero-order chi connectivity index (χ0) is 21.4. The molecule has 1 aromatic carbocycles. The van der Waals surface area contributed by atoms with Crippen LogP contribution in [0.25, 0.3) is 11.2 Å². The highest BCUT2D eigenvalue weighted by Gasteiger charge is 2.25. The summed E-state index contributed by atoms with van der Waals surface area (Å²) < 4.78 is 3.24. The van der Waals surface area contributed by atoms with Crippen molar-refractivity contribution < 1.29 is 0 Å². The van der Waals surface area contributed by atoms with E-state index in [9.17, 15) is 9.59 Å². The molecule has 4 rings (SSSR count). The number of halogens is 1. The molecule has 1 aliphatic rings. The van der Waals surface area contributed by atoms with Gasteiger partial charge >= 0.3 is 5.69 Å². The number of nitrogens with one attached hydrogen (secondary N) is 1. The molecule has 8 nitrogen and oxygen atoms in total. The largest absolute Gasteiger partial charge is 0.340 e. The zero-order valence-corrected chi connectivity index (χ0v) is 17.9. The van der Waals surface area contributed by atoms with E-state index in [4.69, 9.17) is 11.6 Å². The Morgan fingerprint density at radius 2 is 1.90 bits per heavy atom. The number of piperazine rings is 1. The van der Waals surface area contributed by atoms with Crippen molar-refractivity contribution in [3.63, 3.8) is 0 Å². The minimum atomic E-state index is -0.469.